The molecule has 4 aliphatic carbocycles. The largest absolute Gasteiger partial charge is 0.439 e. The molecule has 0 atom stereocenters. The second-order valence-corrected chi connectivity index (χ2v) is 11.7. The maximum absolute atomic E-state index is 13.4. The minimum atomic E-state index is -0.154. The zero-order chi connectivity index (χ0) is 25.7. The van der Waals surface area contributed by atoms with Crippen LogP contribution in [0.25, 0.3) is 16.5 Å². The van der Waals surface area contributed by atoms with Gasteiger partial charge < -0.3 is 10.1 Å². The quantitative estimate of drug-likeness (QED) is 0.316. The molecule has 1 amide bonds. The number of pyridine rings is 2. The number of anilines is 1. The lowest BCUT2D eigenvalue weighted by atomic mass is 9.49. The third kappa shape index (κ3) is 4.28. The topological polar surface area (TPSA) is 73.2 Å². The highest BCUT2D eigenvalue weighted by Gasteiger charge is 2.51. The average molecular weight is 506 g/mol. The van der Waals surface area contributed by atoms with Crippen molar-refractivity contribution < 1.29 is 9.53 Å². The lowest BCUT2D eigenvalue weighted by Crippen LogP contribution is -2.47. The second-order valence-electron chi connectivity index (χ2n) is 11.7. The Hall–Kier alpha value is -3.93. The lowest BCUT2D eigenvalue weighted by Gasteiger charge is -2.56. The van der Waals surface area contributed by atoms with Crippen LogP contribution in [0.3, 0.4) is 0 Å². The molecule has 4 aromatic rings. The van der Waals surface area contributed by atoms with Gasteiger partial charge in [0.15, 0.2) is 0 Å². The first-order chi connectivity index (χ1) is 18.5. The van der Waals surface area contributed by atoms with Crippen molar-refractivity contribution >= 4 is 22.4 Å². The first-order valence-corrected chi connectivity index (χ1v) is 13.7. The van der Waals surface area contributed by atoms with E-state index in [1.165, 1.54) is 38.5 Å². The molecule has 6 nitrogen and oxygen atoms in total. The normalized spacial score (nSPS) is 25.4. The molecule has 2 aromatic heterocycles. The van der Waals surface area contributed by atoms with Crippen molar-refractivity contribution in [1.82, 2.24) is 9.55 Å². The molecule has 0 saturated heterocycles. The minimum Gasteiger partial charge on any atom is -0.439 e. The highest BCUT2D eigenvalue weighted by atomic mass is 16.5. The van der Waals surface area contributed by atoms with E-state index in [0.717, 1.165) is 23.1 Å². The van der Waals surface area contributed by atoms with Crippen LogP contribution in [0.4, 0.5) is 5.69 Å². The molecular formula is C32H31N3O3. The first kappa shape index (κ1) is 23.2. The number of amides is 1. The van der Waals surface area contributed by atoms with Crippen LogP contribution in [0, 0.1) is 23.2 Å². The summed E-state index contributed by atoms with van der Waals surface area (Å²) in [6.45, 7) is 0. The second kappa shape index (κ2) is 9.12. The molecule has 2 aromatic carbocycles. The molecule has 2 heterocycles. The van der Waals surface area contributed by atoms with Crippen molar-refractivity contribution in [2.24, 2.45) is 23.2 Å². The molecule has 4 aliphatic rings. The van der Waals surface area contributed by atoms with Gasteiger partial charge in [-0.2, -0.15) is 0 Å². The number of nitrogens with zero attached hydrogens (tertiary/aromatic N) is 2. The van der Waals surface area contributed by atoms with E-state index in [0.29, 0.717) is 34.8 Å². The van der Waals surface area contributed by atoms with Crippen LogP contribution in [0.15, 0.2) is 83.9 Å². The molecule has 1 N–H and O–H groups in total. The van der Waals surface area contributed by atoms with Gasteiger partial charge in [-0.1, -0.05) is 24.3 Å². The molecule has 0 radical (unpaired) electrons. The number of carbonyl (C=O) groups is 1. The Kier molecular flexibility index (Phi) is 5.57. The first-order valence-electron chi connectivity index (χ1n) is 13.7. The number of carbonyl (C=O) groups excluding carboxylic acids is 1. The van der Waals surface area contributed by atoms with Crippen molar-refractivity contribution in [3.05, 3.63) is 89.5 Å². The van der Waals surface area contributed by atoms with Crippen LogP contribution in [-0.2, 0) is 4.79 Å². The maximum atomic E-state index is 13.4. The Bertz CT molecular complexity index is 1520. The summed E-state index contributed by atoms with van der Waals surface area (Å²) in [7, 11) is 0. The number of hydrogen-bond acceptors (Lipinski definition) is 4. The number of rotatable bonds is 6. The van der Waals surface area contributed by atoms with E-state index in [1.807, 2.05) is 60.7 Å². The number of fused-ring (bicyclic) bond motifs is 1. The van der Waals surface area contributed by atoms with Crippen molar-refractivity contribution in [1.29, 1.82) is 0 Å². The van der Waals surface area contributed by atoms with Gasteiger partial charge in [0.05, 0.1) is 11.9 Å². The zero-order valence-corrected chi connectivity index (χ0v) is 21.3. The number of aromatic nitrogens is 2. The van der Waals surface area contributed by atoms with Gasteiger partial charge >= 0.3 is 0 Å². The Morgan fingerprint density at radius 1 is 0.895 bits per heavy atom. The predicted octanol–water partition coefficient (Wildman–Crippen LogP) is 6.72. The fourth-order valence-corrected chi connectivity index (χ4v) is 7.82. The van der Waals surface area contributed by atoms with Gasteiger partial charge in [-0.25, -0.2) is 4.98 Å². The molecule has 4 saturated carbocycles. The SMILES string of the molecule is O=C(CC12CC3CC(CC(C3)C1)C2)Nc1cccc2c(=O)n(-c3ccc(Oc4ccccc4)nc3)ccc12. The molecule has 192 valence electrons. The van der Waals surface area contributed by atoms with E-state index in [1.54, 1.807) is 23.0 Å². The molecule has 0 aliphatic heterocycles. The standard InChI is InChI=1S/C32H31N3O3/c36-29(19-32-16-21-13-22(17-32)15-23(14-21)18-32)34-28-8-4-7-27-26(28)11-12-35(31(27)37)24-9-10-30(33-20-24)38-25-5-2-1-3-6-25/h1-12,20-23H,13-19H2,(H,34,36). The fraction of sp³-hybridized carbons (Fsp3) is 0.344. The van der Waals surface area contributed by atoms with Gasteiger partial charge in [0, 0.05) is 35.1 Å². The number of benzene rings is 2. The predicted molar refractivity (Wildman–Crippen MR) is 148 cm³/mol. The average Bonchev–Trinajstić information content (AvgIpc) is 2.89. The van der Waals surface area contributed by atoms with E-state index in [9.17, 15) is 9.59 Å². The number of nitrogens with one attached hydrogen (secondary N) is 1. The third-order valence-corrected chi connectivity index (χ3v) is 8.88. The summed E-state index contributed by atoms with van der Waals surface area (Å²) >= 11 is 0. The zero-order valence-electron chi connectivity index (χ0n) is 21.3. The molecule has 38 heavy (non-hydrogen) atoms. The summed E-state index contributed by atoms with van der Waals surface area (Å²) in [6.07, 6.45) is 11.7. The Morgan fingerprint density at radius 3 is 2.32 bits per heavy atom. The van der Waals surface area contributed by atoms with E-state index >= 15 is 0 Å². The van der Waals surface area contributed by atoms with Crippen molar-refractivity contribution in [2.75, 3.05) is 5.32 Å². The highest BCUT2D eigenvalue weighted by molar-refractivity contribution is 6.02. The summed E-state index contributed by atoms with van der Waals surface area (Å²) in [5, 5.41) is 4.48. The summed E-state index contributed by atoms with van der Waals surface area (Å²) < 4.78 is 7.34. The van der Waals surface area contributed by atoms with Crippen LogP contribution < -0.4 is 15.6 Å². The Balaban J connectivity index is 1.11. The molecule has 4 fully saturated rings. The summed E-state index contributed by atoms with van der Waals surface area (Å²) in [4.78, 5) is 31.1. The summed E-state index contributed by atoms with van der Waals surface area (Å²) in [5.41, 5.74) is 1.37. The minimum absolute atomic E-state index is 0.0711. The molecule has 0 spiro atoms. The van der Waals surface area contributed by atoms with E-state index in [4.69, 9.17) is 4.74 Å². The monoisotopic (exact) mass is 505 g/mol. The maximum Gasteiger partial charge on any atom is 0.263 e. The fourth-order valence-electron chi connectivity index (χ4n) is 7.82. The van der Waals surface area contributed by atoms with Gasteiger partial charge in [0.2, 0.25) is 11.8 Å². The number of ether oxygens (including phenoxy) is 1. The number of para-hydroxylation sites is 1. The molecule has 6 heteroatoms. The van der Waals surface area contributed by atoms with Gasteiger partial charge in [-0.3, -0.25) is 14.2 Å². The Labute approximate surface area is 221 Å². The van der Waals surface area contributed by atoms with Crippen LogP contribution in [0.1, 0.15) is 44.9 Å². The molecule has 8 rings (SSSR count). The summed E-state index contributed by atoms with van der Waals surface area (Å²) in [6, 6.07) is 20.5. The van der Waals surface area contributed by atoms with Crippen LogP contribution in [0.2, 0.25) is 0 Å². The van der Waals surface area contributed by atoms with Gasteiger partial charge in [0.1, 0.15) is 5.75 Å². The highest BCUT2D eigenvalue weighted by Crippen LogP contribution is 2.61. The number of hydrogen-bond donors (Lipinski definition) is 1. The third-order valence-electron chi connectivity index (χ3n) is 8.88. The van der Waals surface area contributed by atoms with Crippen LogP contribution in [-0.4, -0.2) is 15.5 Å². The van der Waals surface area contributed by atoms with E-state index in [2.05, 4.69) is 10.3 Å². The summed E-state index contributed by atoms with van der Waals surface area (Å²) in [5.74, 6) is 3.68. The van der Waals surface area contributed by atoms with Crippen molar-refractivity contribution in [2.45, 2.75) is 44.9 Å². The van der Waals surface area contributed by atoms with Crippen LogP contribution >= 0.6 is 0 Å². The molecular weight excluding hydrogens is 474 g/mol. The smallest absolute Gasteiger partial charge is 0.263 e. The van der Waals surface area contributed by atoms with E-state index in [-0.39, 0.29) is 16.9 Å². The molecule has 4 bridgehead atoms. The van der Waals surface area contributed by atoms with Gasteiger partial charge in [-0.05, 0) is 98.1 Å². The lowest BCUT2D eigenvalue weighted by molar-refractivity contribution is -0.124. The van der Waals surface area contributed by atoms with Crippen molar-refractivity contribution in [3.63, 3.8) is 0 Å². The van der Waals surface area contributed by atoms with Crippen LogP contribution in [0.5, 0.6) is 11.6 Å². The van der Waals surface area contributed by atoms with Gasteiger partial charge in [-0.15, -0.1) is 0 Å². The Morgan fingerprint density at radius 2 is 1.63 bits per heavy atom. The van der Waals surface area contributed by atoms with Gasteiger partial charge in [0.25, 0.3) is 5.56 Å². The van der Waals surface area contributed by atoms with Crippen molar-refractivity contribution in [3.8, 4) is 17.3 Å². The van der Waals surface area contributed by atoms with E-state index < -0.39 is 0 Å². The molecule has 0 unspecified atom stereocenters.